The van der Waals surface area contributed by atoms with Crippen LogP contribution in [0.4, 0.5) is 4.39 Å². The number of nitrogens with zero attached hydrogens (tertiary/aromatic N) is 1. The van der Waals surface area contributed by atoms with Gasteiger partial charge < -0.3 is 14.7 Å². The molecule has 1 atom stereocenters. The van der Waals surface area contributed by atoms with Gasteiger partial charge in [-0.15, -0.1) is 6.58 Å². The predicted molar refractivity (Wildman–Crippen MR) is 118 cm³/mol. The first-order valence-electron chi connectivity index (χ1n) is 11.3. The van der Waals surface area contributed by atoms with Crippen molar-refractivity contribution in [2.24, 2.45) is 5.41 Å². The summed E-state index contributed by atoms with van der Waals surface area (Å²) in [5.74, 6) is -1.53. The molecule has 1 aromatic rings. The Hall–Kier alpha value is -2.37. The quantitative estimate of drug-likeness (QED) is 0.494. The van der Waals surface area contributed by atoms with Gasteiger partial charge in [0, 0.05) is 18.0 Å². The fourth-order valence-electron chi connectivity index (χ4n) is 4.57. The SMILES string of the molecule is C=CCC(CC)(CC)COc1cc(F)c(C(=O)N2CCC[C@@]2(C)C(=O)O)cc1C1CC1. The summed E-state index contributed by atoms with van der Waals surface area (Å²) >= 11 is 0. The molecule has 1 aliphatic heterocycles. The number of halogens is 1. The van der Waals surface area contributed by atoms with Crippen LogP contribution in [0.15, 0.2) is 24.8 Å². The Kier molecular flexibility index (Phi) is 6.77. The molecule has 1 aromatic carbocycles. The number of carboxylic acids is 1. The van der Waals surface area contributed by atoms with Gasteiger partial charge in [-0.1, -0.05) is 19.9 Å². The van der Waals surface area contributed by atoms with E-state index in [4.69, 9.17) is 4.74 Å². The van der Waals surface area contributed by atoms with Gasteiger partial charge in [0.05, 0.1) is 12.2 Å². The summed E-state index contributed by atoms with van der Waals surface area (Å²) in [7, 11) is 0. The molecule has 170 valence electrons. The van der Waals surface area contributed by atoms with E-state index in [0.717, 1.165) is 37.7 Å². The molecule has 1 saturated carbocycles. The molecule has 6 heteroatoms. The van der Waals surface area contributed by atoms with E-state index in [0.29, 0.717) is 31.7 Å². The van der Waals surface area contributed by atoms with Gasteiger partial charge in [-0.25, -0.2) is 9.18 Å². The highest BCUT2D eigenvalue weighted by atomic mass is 19.1. The standard InChI is InChI=1S/C25H34FNO4/c1-5-11-25(6-2,7-3)16-31-21-15-20(26)19(14-18(21)17-9-10-17)22(28)27-13-8-12-24(27,4)23(29)30/h5,14-15,17H,1,6-13,16H2,2-4H3,(H,29,30)/t24-/m0/s1. The number of likely N-dealkylation sites (tertiary alicyclic amines) is 1. The summed E-state index contributed by atoms with van der Waals surface area (Å²) in [5.41, 5.74) is -0.565. The first-order chi connectivity index (χ1) is 14.7. The molecular formula is C25H34FNO4. The maximum Gasteiger partial charge on any atom is 0.329 e. The van der Waals surface area contributed by atoms with Gasteiger partial charge >= 0.3 is 5.97 Å². The lowest BCUT2D eigenvalue weighted by Crippen LogP contribution is -2.51. The van der Waals surface area contributed by atoms with Crippen LogP contribution < -0.4 is 4.74 Å². The van der Waals surface area contributed by atoms with E-state index in [9.17, 15) is 14.7 Å². The zero-order chi connectivity index (χ0) is 22.8. The lowest BCUT2D eigenvalue weighted by atomic mass is 9.80. The van der Waals surface area contributed by atoms with Crippen molar-refractivity contribution in [3.63, 3.8) is 0 Å². The fraction of sp³-hybridized carbons (Fsp3) is 0.600. The lowest BCUT2D eigenvalue weighted by Gasteiger charge is -2.32. The molecule has 0 aromatic heterocycles. The Morgan fingerprint density at radius 1 is 1.35 bits per heavy atom. The summed E-state index contributed by atoms with van der Waals surface area (Å²) in [5, 5.41) is 9.63. The molecule has 1 saturated heterocycles. The van der Waals surface area contributed by atoms with Crippen LogP contribution in [0.1, 0.15) is 87.6 Å². The van der Waals surface area contributed by atoms with Crippen LogP contribution in [0, 0.1) is 11.2 Å². The van der Waals surface area contributed by atoms with Gasteiger partial charge in [-0.05, 0) is 69.4 Å². The highest BCUT2D eigenvalue weighted by molar-refractivity contribution is 5.98. The highest BCUT2D eigenvalue weighted by Crippen LogP contribution is 2.46. The van der Waals surface area contributed by atoms with E-state index in [1.165, 1.54) is 17.9 Å². The van der Waals surface area contributed by atoms with Gasteiger partial charge in [0.15, 0.2) is 0 Å². The van der Waals surface area contributed by atoms with Crippen LogP contribution in [-0.4, -0.2) is 40.6 Å². The van der Waals surface area contributed by atoms with Gasteiger partial charge in [0.2, 0.25) is 0 Å². The highest BCUT2D eigenvalue weighted by Gasteiger charge is 2.46. The van der Waals surface area contributed by atoms with Crippen molar-refractivity contribution in [2.45, 2.75) is 77.2 Å². The van der Waals surface area contributed by atoms with Crippen LogP contribution in [0.3, 0.4) is 0 Å². The minimum absolute atomic E-state index is 0.0492. The second-order valence-electron chi connectivity index (χ2n) is 9.27. The largest absolute Gasteiger partial charge is 0.493 e. The normalized spacial score (nSPS) is 21.2. The van der Waals surface area contributed by atoms with Crippen LogP contribution in [0.5, 0.6) is 5.75 Å². The average Bonchev–Trinajstić information content (AvgIpc) is 3.51. The zero-order valence-electron chi connectivity index (χ0n) is 18.9. The summed E-state index contributed by atoms with van der Waals surface area (Å²) < 4.78 is 21.3. The van der Waals surface area contributed by atoms with Crippen LogP contribution in [0.25, 0.3) is 0 Å². The molecule has 1 heterocycles. The van der Waals surface area contributed by atoms with Gasteiger partial charge in [0.1, 0.15) is 17.1 Å². The van der Waals surface area contributed by atoms with E-state index in [1.807, 2.05) is 6.08 Å². The number of amides is 1. The molecule has 0 unspecified atom stereocenters. The molecule has 1 N–H and O–H groups in total. The number of carboxylic acid groups (broad SMARTS) is 1. The first-order valence-corrected chi connectivity index (χ1v) is 11.3. The molecule has 3 rings (SSSR count). The number of hydrogen-bond acceptors (Lipinski definition) is 3. The molecular weight excluding hydrogens is 397 g/mol. The Labute approximate surface area is 184 Å². The molecule has 0 bridgehead atoms. The van der Waals surface area contributed by atoms with E-state index in [-0.39, 0.29) is 16.9 Å². The number of hydrogen-bond donors (Lipinski definition) is 1. The number of rotatable bonds is 10. The average molecular weight is 432 g/mol. The Bertz CT molecular complexity index is 859. The van der Waals surface area contributed by atoms with Gasteiger partial charge in [0.25, 0.3) is 5.91 Å². The number of ether oxygens (including phenoxy) is 1. The summed E-state index contributed by atoms with van der Waals surface area (Å²) in [6.45, 7) is 10.4. The van der Waals surface area contributed by atoms with E-state index < -0.39 is 23.2 Å². The van der Waals surface area contributed by atoms with Crippen LogP contribution in [-0.2, 0) is 4.79 Å². The molecule has 31 heavy (non-hydrogen) atoms. The van der Waals surface area contributed by atoms with Crippen molar-refractivity contribution < 1.29 is 23.8 Å². The third-order valence-electron chi connectivity index (χ3n) is 7.31. The summed E-state index contributed by atoms with van der Waals surface area (Å²) in [6, 6.07) is 2.91. The Morgan fingerprint density at radius 3 is 2.58 bits per heavy atom. The number of carbonyl (C=O) groups excluding carboxylic acids is 1. The van der Waals surface area contributed by atoms with Gasteiger partial charge in [-0.2, -0.15) is 0 Å². The van der Waals surface area contributed by atoms with Crippen molar-refractivity contribution in [1.82, 2.24) is 4.90 Å². The van der Waals surface area contributed by atoms with Crippen LogP contribution in [0.2, 0.25) is 0 Å². The fourth-order valence-corrected chi connectivity index (χ4v) is 4.57. The van der Waals surface area contributed by atoms with Crippen molar-refractivity contribution in [3.05, 3.63) is 41.7 Å². The monoisotopic (exact) mass is 431 g/mol. The molecule has 0 radical (unpaired) electrons. The number of carbonyl (C=O) groups is 2. The maximum absolute atomic E-state index is 15.1. The molecule has 1 aliphatic carbocycles. The molecule has 2 aliphatic rings. The molecule has 5 nitrogen and oxygen atoms in total. The number of allylic oxidation sites excluding steroid dienone is 1. The summed E-state index contributed by atoms with van der Waals surface area (Å²) in [4.78, 5) is 26.2. The number of benzene rings is 1. The lowest BCUT2D eigenvalue weighted by molar-refractivity contribution is -0.147. The van der Waals surface area contributed by atoms with E-state index in [1.54, 1.807) is 6.07 Å². The van der Waals surface area contributed by atoms with Gasteiger partial charge in [-0.3, -0.25) is 4.79 Å². The van der Waals surface area contributed by atoms with Crippen LogP contribution >= 0.6 is 0 Å². The first kappa shape index (κ1) is 23.3. The minimum Gasteiger partial charge on any atom is -0.493 e. The van der Waals surface area contributed by atoms with Crippen molar-refractivity contribution in [2.75, 3.05) is 13.2 Å². The van der Waals surface area contributed by atoms with Crippen molar-refractivity contribution in [1.29, 1.82) is 0 Å². The third kappa shape index (κ3) is 4.48. The number of aliphatic carboxylic acids is 1. The maximum atomic E-state index is 15.1. The summed E-state index contributed by atoms with van der Waals surface area (Å²) in [6.07, 6.45) is 7.48. The van der Waals surface area contributed by atoms with E-state index >= 15 is 4.39 Å². The smallest absolute Gasteiger partial charge is 0.329 e. The second-order valence-corrected chi connectivity index (χ2v) is 9.27. The molecule has 2 fully saturated rings. The Morgan fingerprint density at radius 2 is 2.03 bits per heavy atom. The van der Waals surface area contributed by atoms with E-state index in [2.05, 4.69) is 20.4 Å². The zero-order valence-corrected chi connectivity index (χ0v) is 18.9. The topological polar surface area (TPSA) is 66.8 Å². The van der Waals surface area contributed by atoms with Crippen molar-refractivity contribution >= 4 is 11.9 Å². The third-order valence-corrected chi connectivity index (χ3v) is 7.31. The predicted octanol–water partition coefficient (Wildman–Crippen LogP) is 5.54. The minimum atomic E-state index is -1.30. The second kappa shape index (κ2) is 9.01. The Balaban J connectivity index is 1.90. The molecule has 0 spiro atoms. The van der Waals surface area contributed by atoms with Crippen molar-refractivity contribution in [3.8, 4) is 5.75 Å². The molecule has 1 amide bonds.